The van der Waals surface area contributed by atoms with Crippen molar-refractivity contribution in [2.24, 2.45) is 0 Å². The predicted octanol–water partition coefficient (Wildman–Crippen LogP) is 1.53. The first-order valence-corrected chi connectivity index (χ1v) is 5.32. The molecule has 2 nitrogen and oxygen atoms in total. The zero-order valence-electron chi connectivity index (χ0n) is 8.72. The number of benzene rings is 1. The van der Waals surface area contributed by atoms with E-state index in [1.165, 1.54) is 12.0 Å². The molecule has 1 saturated heterocycles. The highest BCUT2D eigenvalue weighted by Crippen LogP contribution is 2.12. The van der Waals surface area contributed by atoms with Crippen LogP contribution in [-0.2, 0) is 6.42 Å². The lowest BCUT2D eigenvalue weighted by Crippen LogP contribution is -2.60. The molecule has 1 heterocycles. The Hall–Kier alpha value is -0.860. The second-order valence-electron chi connectivity index (χ2n) is 4.20. The van der Waals surface area contributed by atoms with Crippen molar-refractivity contribution in [1.29, 1.82) is 0 Å². The van der Waals surface area contributed by atoms with Crippen LogP contribution >= 0.6 is 0 Å². The van der Waals surface area contributed by atoms with Gasteiger partial charge >= 0.3 is 0 Å². The van der Waals surface area contributed by atoms with Gasteiger partial charge in [-0.1, -0.05) is 30.3 Å². The van der Waals surface area contributed by atoms with Gasteiger partial charge in [0.1, 0.15) is 0 Å². The summed E-state index contributed by atoms with van der Waals surface area (Å²) in [6.45, 7) is 4.48. The van der Waals surface area contributed by atoms with E-state index in [0.29, 0.717) is 0 Å². The minimum Gasteiger partial charge on any atom is -0.299 e. The van der Waals surface area contributed by atoms with Crippen LogP contribution in [0.3, 0.4) is 0 Å². The summed E-state index contributed by atoms with van der Waals surface area (Å²) in [5, 5.41) is 7.07. The maximum Gasteiger partial charge on any atom is 0.0699 e. The van der Waals surface area contributed by atoms with E-state index in [1.54, 1.807) is 0 Å². The lowest BCUT2D eigenvalue weighted by molar-refractivity contribution is 0.243. The molecule has 0 bridgehead atoms. The van der Waals surface area contributed by atoms with Gasteiger partial charge in [-0.3, -0.25) is 10.6 Å². The topological polar surface area (TPSA) is 24.1 Å². The molecular formula is C12H18N2. The zero-order valence-corrected chi connectivity index (χ0v) is 8.72. The Morgan fingerprint density at radius 1 is 1.14 bits per heavy atom. The van der Waals surface area contributed by atoms with Crippen LogP contribution < -0.4 is 10.6 Å². The third-order valence-corrected chi connectivity index (χ3v) is 2.78. The van der Waals surface area contributed by atoms with Crippen LogP contribution in [0.2, 0.25) is 0 Å². The minimum absolute atomic E-state index is 0.0829. The Morgan fingerprint density at radius 3 is 2.43 bits per heavy atom. The van der Waals surface area contributed by atoms with Crippen LogP contribution in [0.15, 0.2) is 30.3 Å². The molecule has 76 valence electrons. The monoisotopic (exact) mass is 190 g/mol. The summed E-state index contributed by atoms with van der Waals surface area (Å²) in [5.41, 5.74) is 1.47. The van der Waals surface area contributed by atoms with E-state index in [-0.39, 0.29) is 5.66 Å². The Labute approximate surface area is 85.7 Å². The summed E-state index contributed by atoms with van der Waals surface area (Å²) >= 11 is 0. The first-order chi connectivity index (χ1) is 6.79. The Bertz CT molecular complexity index is 276. The van der Waals surface area contributed by atoms with Crippen LogP contribution in [-0.4, -0.2) is 18.8 Å². The van der Waals surface area contributed by atoms with E-state index in [0.717, 1.165) is 19.5 Å². The maximum atomic E-state index is 3.53. The van der Waals surface area contributed by atoms with E-state index in [1.807, 2.05) is 0 Å². The van der Waals surface area contributed by atoms with Crippen molar-refractivity contribution in [2.75, 3.05) is 13.1 Å². The van der Waals surface area contributed by atoms with Crippen molar-refractivity contribution in [3.05, 3.63) is 35.9 Å². The largest absolute Gasteiger partial charge is 0.299 e. The third kappa shape index (κ3) is 2.34. The lowest BCUT2D eigenvalue weighted by atomic mass is 9.99. The second-order valence-corrected chi connectivity index (χ2v) is 4.20. The van der Waals surface area contributed by atoms with Gasteiger partial charge in [-0.25, -0.2) is 0 Å². The van der Waals surface area contributed by atoms with Gasteiger partial charge in [0, 0.05) is 6.42 Å². The van der Waals surface area contributed by atoms with Crippen molar-refractivity contribution in [3.8, 4) is 0 Å². The number of rotatable bonds is 2. The SMILES string of the molecule is CC1(Cc2ccccc2)NCCCN1. The predicted molar refractivity (Wildman–Crippen MR) is 59.2 cm³/mol. The van der Waals surface area contributed by atoms with Crippen LogP contribution in [0.5, 0.6) is 0 Å². The molecular weight excluding hydrogens is 172 g/mol. The molecule has 0 amide bonds. The maximum absolute atomic E-state index is 3.53. The first kappa shape index (κ1) is 9.69. The Balaban J connectivity index is 2.02. The quantitative estimate of drug-likeness (QED) is 0.739. The standard InChI is InChI=1S/C12H18N2/c1-12(13-8-5-9-14-12)10-11-6-3-2-4-7-11/h2-4,6-7,13-14H,5,8-10H2,1H3. The fraction of sp³-hybridized carbons (Fsp3) is 0.500. The number of hydrogen-bond donors (Lipinski definition) is 2. The van der Waals surface area contributed by atoms with Crippen LogP contribution in [0, 0.1) is 0 Å². The molecule has 2 heteroatoms. The van der Waals surface area contributed by atoms with Gasteiger partial charge in [-0.15, -0.1) is 0 Å². The molecule has 0 atom stereocenters. The zero-order chi connectivity index (χ0) is 9.86. The number of hydrogen-bond acceptors (Lipinski definition) is 2. The van der Waals surface area contributed by atoms with E-state index < -0.39 is 0 Å². The smallest absolute Gasteiger partial charge is 0.0699 e. The second kappa shape index (κ2) is 4.11. The van der Waals surface area contributed by atoms with Crippen molar-refractivity contribution >= 4 is 0 Å². The summed E-state index contributed by atoms with van der Waals surface area (Å²) in [7, 11) is 0. The molecule has 2 rings (SSSR count). The van der Waals surface area contributed by atoms with Crippen LogP contribution in [0.4, 0.5) is 0 Å². The molecule has 0 aliphatic carbocycles. The fourth-order valence-electron chi connectivity index (χ4n) is 2.01. The molecule has 2 N–H and O–H groups in total. The Kier molecular flexibility index (Phi) is 2.85. The summed E-state index contributed by atoms with van der Waals surface area (Å²) < 4.78 is 0. The van der Waals surface area contributed by atoms with Gasteiger partial charge in [-0.2, -0.15) is 0 Å². The lowest BCUT2D eigenvalue weighted by Gasteiger charge is -2.36. The van der Waals surface area contributed by atoms with Crippen molar-refractivity contribution < 1.29 is 0 Å². The average molecular weight is 190 g/mol. The van der Waals surface area contributed by atoms with Crippen LogP contribution in [0.25, 0.3) is 0 Å². The summed E-state index contributed by atoms with van der Waals surface area (Å²) in [4.78, 5) is 0. The van der Waals surface area contributed by atoms with Crippen molar-refractivity contribution in [3.63, 3.8) is 0 Å². The molecule has 1 aliphatic rings. The molecule has 14 heavy (non-hydrogen) atoms. The van der Waals surface area contributed by atoms with E-state index >= 15 is 0 Å². The fourth-order valence-corrected chi connectivity index (χ4v) is 2.01. The first-order valence-electron chi connectivity index (χ1n) is 5.32. The number of nitrogens with one attached hydrogen (secondary N) is 2. The van der Waals surface area contributed by atoms with Crippen molar-refractivity contribution in [2.45, 2.75) is 25.4 Å². The molecule has 0 saturated carbocycles. The minimum atomic E-state index is 0.0829. The van der Waals surface area contributed by atoms with Crippen LogP contribution in [0.1, 0.15) is 18.9 Å². The summed E-state index contributed by atoms with van der Waals surface area (Å²) in [6.07, 6.45) is 2.28. The van der Waals surface area contributed by atoms with E-state index in [9.17, 15) is 0 Å². The highest BCUT2D eigenvalue weighted by molar-refractivity contribution is 5.17. The van der Waals surface area contributed by atoms with E-state index in [2.05, 4.69) is 47.9 Å². The summed E-state index contributed by atoms with van der Waals surface area (Å²) in [6, 6.07) is 10.6. The van der Waals surface area contributed by atoms with Gasteiger partial charge < -0.3 is 0 Å². The molecule has 0 unspecified atom stereocenters. The average Bonchev–Trinajstić information content (AvgIpc) is 2.19. The van der Waals surface area contributed by atoms with Gasteiger partial charge in [0.05, 0.1) is 5.66 Å². The molecule has 1 aliphatic heterocycles. The third-order valence-electron chi connectivity index (χ3n) is 2.78. The molecule has 1 fully saturated rings. The molecule has 1 aromatic carbocycles. The normalized spacial score (nSPS) is 20.6. The molecule has 0 spiro atoms. The van der Waals surface area contributed by atoms with E-state index in [4.69, 9.17) is 0 Å². The molecule has 1 aromatic rings. The van der Waals surface area contributed by atoms with Gasteiger partial charge in [0.15, 0.2) is 0 Å². The van der Waals surface area contributed by atoms with Gasteiger partial charge in [-0.05, 0) is 32.0 Å². The van der Waals surface area contributed by atoms with Crippen molar-refractivity contribution in [1.82, 2.24) is 10.6 Å². The molecule has 0 aromatic heterocycles. The molecule has 0 radical (unpaired) electrons. The van der Waals surface area contributed by atoms with Gasteiger partial charge in [0.2, 0.25) is 0 Å². The van der Waals surface area contributed by atoms with Gasteiger partial charge in [0.25, 0.3) is 0 Å². The highest BCUT2D eigenvalue weighted by Gasteiger charge is 2.25. The Morgan fingerprint density at radius 2 is 1.79 bits per heavy atom. The highest BCUT2D eigenvalue weighted by atomic mass is 15.2. The summed E-state index contributed by atoms with van der Waals surface area (Å²) in [5.74, 6) is 0.